The van der Waals surface area contributed by atoms with Crippen molar-refractivity contribution in [3.8, 4) is 5.75 Å². The predicted octanol–water partition coefficient (Wildman–Crippen LogP) is 2.55. The van der Waals surface area contributed by atoms with Crippen LogP contribution in [0.25, 0.3) is 0 Å². The fourth-order valence-corrected chi connectivity index (χ4v) is 1.38. The van der Waals surface area contributed by atoms with Gasteiger partial charge in [0, 0.05) is 13.7 Å². The van der Waals surface area contributed by atoms with E-state index in [0.29, 0.717) is 6.61 Å². The molecule has 0 amide bonds. The zero-order valence-electron chi connectivity index (χ0n) is 9.98. The molecule has 0 aliphatic carbocycles. The van der Waals surface area contributed by atoms with Crippen LogP contribution in [0.3, 0.4) is 0 Å². The Labute approximate surface area is 97.0 Å². The summed E-state index contributed by atoms with van der Waals surface area (Å²) in [4.78, 5) is 0. The van der Waals surface area contributed by atoms with Gasteiger partial charge < -0.3 is 14.6 Å². The summed E-state index contributed by atoms with van der Waals surface area (Å²) < 4.78 is 10.5. The maximum atomic E-state index is 9.33. The largest absolute Gasteiger partial charge is 0.494 e. The molecule has 0 saturated carbocycles. The van der Waals surface area contributed by atoms with Crippen LogP contribution in [-0.4, -0.2) is 25.4 Å². The van der Waals surface area contributed by atoms with Crippen LogP contribution in [0.2, 0.25) is 0 Å². The summed E-state index contributed by atoms with van der Waals surface area (Å²) >= 11 is 0. The van der Waals surface area contributed by atoms with E-state index in [0.717, 1.165) is 30.8 Å². The van der Waals surface area contributed by atoms with E-state index in [2.05, 4.69) is 0 Å². The number of methoxy groups -OCH3 is 1. The molecule has 1 rings (SSSR count). The van der Waals surface area contributed by atoms with Crippen LogP contribution >= 0.6 is 0 Å². The van der Waals surface area contributed by atoms with Gasteiger partial charge in [-0.2, -0.15) is 0 Å². The number of rotatable bonds is 7. The van der Waals surface area contributed by atoms with Crippen LogP contribution in [0.1, 0.15) is 31.4 Å². The highest BCUT2D eigenvalue weighted by Gasteiger charge is 2.00. The first kappa shape index (κ1) is 13.0. The molecule has 1 aromatic carbocycles. The highest BCUT2D eigenvalue weighted by molar-refractivity contribution is 5.28. The molecule has 0 spiro atoms. The van der Waals surface area contributed by atoms with E-state index >= 15 is 0 Å². The van der Waals surface area contributed by atoms with Crippen molar-refractivity contribution in [2.75, 3.05) is 20.3 Å². The normalized spacial score (nSPS) is 12.4. The van der Waals surface area contributed by atoms with Crippen LogP contribution in [0, 0.1) is 0 Å². The number of hydrogen-bond donors (Lipinski definition) is 1. The predicted molar refractivity (Wildman–Crippen MR) is 63.7 cm³/mol. The second-order valence-corrected chi connectivity index (χ2v) is 3.79. The van der Waals surface area contributed by atoms with E-state index in [-0.39, 0.29) is 0 Å². The van der Waals surface area contributed by atoms with E-state index in [1.165, 1.54) is 0 Å². The Morgan fingerprint density at radius 2 is 1.75 bits per heavy atom. The molecule has 1 N–H and O–H groups in total. The monoisotopic (exact) mass is 224 g/mol. The van der Waals surface area contributed by atoms with Gasteiger partial charge >= 0.3 is 0 Å². The fourth-order valence-electron chi connectivity index (χ4n) is 1.38. The van der Waals surface area contributed by atoms with Crippen molar-refractivity contribution in [3.63, 3.8) is 0 Å². The molecular formula is C13H20O3. The Bertz CT molecular complexity index is 280. The van der Waals surface area contributed by atoms with Gasteiger partial charge in [-0.05, 0) is 37.5 Å². The quantitative estimate of drug-likeness (QED) is 0.723. The summed E-state index contributed by atoms with van der Waals surface area (Å²) in [5, 5.41) is 9.33. The smallest absolute Gasteiger partial charge is 0.119 e. The van der Waals surface area contributed by atoms with Gasteiger partial charge in [0.25, 0.3) is 0 Å². The minimum atomic E-state index is -0.421. The van der Waals surface area contributed by atoms with Crippen molar-refractivity contribution in [1.82, 2.24) is 0 Å². The molecule has 0 saturated heterocycles. The molecule has 0 bridgehead atoms. The van der Waals surface area contributed by atoms with E-state index in [4.69, 9.17) is 9.47 Å². The standard InChI is InChI=1S/C13H20O3/c1-11(14)12-5-7-13(8-6-12)16-10-4-3-9-15-2/h5-8,11,14H,3-4,9-10H2,1-2H3/t11-/m1/s1. The number of aliphatic hydroxyl groups excluding tert-OH is 1. The summed E-state index contributed by atoms with van der Waals surface area (Å²) in [6.07, 6.45) is 1.59. The van der Waals surface area contributed by atoms with Crippen LogP contribution in [0.15, 0.2) is 24.3 Å². The Balaban J connectivity index is 2.27. The van der Waals surface area contributed by atoms with Gasteiger partial charge in [-0.15, -0.1) is 0 Å². The summed E-state index contributed by atoms with van der Waals surface area (Å²) in [6, 6.07) is 7.54. The number of unbranched alkanes of at least 4 members (excludes halogenated alkanes) is 1. The Hall–Kier alpha value is -1.06. The van der Waals surface area contributed by atoms with Crippen LogP contribution in [0.4, 0.5) is 0 Å². The lowest BCUT2D eigenvalue weighted by Gasteiger charge is -2.08. The molecule has 0 aliphatic heterocycles. The van der Waals surface area contributed by atoms with Gasteiger partial charge in [-0.3, -0.25) is 0 Å². The van der Waals surface area contributed by atoms with Crippen molar-refractivity contribution in [2.45, 2.75) is 25.9 Å². The van der Waals surface area contributed by atoms with Crippen molar-refractivity contribution >= 4 is 0 Å². The molecule has 0 unspecified atom stereocenters. The Morgan fingerprint density at radius 3 is 2.31 bits per heavy atom. The van der Waals surface area contributed by atoms with Gasteiger partial charge in [-0.1, -0.05) is 12.1 Å². The van der Waals surface area contributed by atoms with E-state index < -0.39 is 6.10 Å². The Kier molecular flexibility index (Phi) is 5.90. The number of ether oxygens (including phenoxy) is 2. The lowest BCUT2D eigenvalue weighted by molar-refractivity contribution is 0.184. The van der Waals surface area contributed by atoms with Gasteiger partial charge in [0.2, 0.25) is 0 Å². The van der Waals surface area contributed by atoms with Crippen molar-refractivity contribution < 1.29 is 14.6 Å². The number of benzene rings is 1. The zero-order chi connectivity index (χ0) is 11.8. The van der Waals surface area contributed by atoms with Crippen molar-refractivity contribution in [3.05, 3.63) is 29.8 Å². The first-order chi connectivity index (χ1) is 7.74. The molecule has 3 heteroatoms. The highest BCUT2D eigenvalue weighted by atomic mass is 16.5. The third kappa shape index (κ3) is 4.64. The molecule has 90 valence electrons. The fraction of sp³-hybridized carbons (Fsp3) is 0.538. The average Bonchev–Trinajstić information content (AvgIpc) is 2.29. The van der Waals surface area contributed by atoms with Crippen molar-refractivity contribution in [1.29, 1.82) is 0 Å². The first-order valence-electron chi connectivity index (χ1n) is 5.64. The molecule has 0 radical (unpaired) electrons. The maximum Gasteiger partial charge on any atom is 0.119 e. The van der Waals surface area contributed by atoms with Crippen molar-refractivity contribution in [2.24, 2.45) is 0 Å². The van der Waals surface area contributed by atoms with Crippen LogP contribution in [0.5, 0.6) is 5.75 Å². The SMILES string of the molecule is COCCCCOc1ccc([C@@H](C)O)cc1. The molecule has 1 aromatic rings. The lowest BCUT2D eigenvalue weighted by Crippen LogP contribution is -2.00. The Morgan fingerprint density at radius 1 is 1.12 bits per heavy atom. The lowest BCUT2D eigenvalue weighted by atomic mass is 10.1. The molecule has 1 atom stereocenters. The maximum absolute atomic E-state index is 9.33. The van der Waals surface area contributed by atoms with Gasteiger partial charge in [-0.25, -0.2) is 0 Å². The number of hydrogen-bond acceptors (Lipinski definition) is 3. The highest BCUT2D eigenvalue weighted by Crippen LogP contribution is 2.17. The van der Waals surface area contributed by atoms with Crippen LogP contribution in [-0.2, 0) is 4.74 Å². The van der Waals surface area contributed by atoms with E-state index in [1.54, 1.807) is 14.0 Å². The zero-order valence-corrected chi connectivity index (χ0v) is 9.98. The molecule has 0 aliphatic rings. The molecular weight excluding hydrogens is 204 g/mol. The van der Waals surface area contributed by atoms with Gasteiger partial charge in [0.15, 0.2) is 0 Å². The number of aliphatic hydroxyl groups is 1. The van der Waals surface area contributed by atoms with E-state index in [9.17, 15) is 5.11 Å². The third-order valence-electron chi connectivity index (χ3n) is 2.37. The summed E-state index contributed by atoms with van der Waals surface area (Å²) in [6.45, 7) is 3.24. The van der Waals surface area contributed by atoms with Gasteiger partial charge in [0.05, 0.1) is 12.7 Å². The molecule has 16 heavy (non-hydrogen) atoms. The average molecular weight is 224 g/mol. The summed E-state index contributed by atoms with van der Waals surface area (Å²) in [5.41, 5.74) is 0.909. The molecule has 0 heterocycles. The first-order valence-corrected chi connectivity index (χ1v) is 5.64. The molecule has 0 fully saturated rings. The summed E-state index contributed by atoms with van der Waals surface area (Å²) in [7, 11) is 1.70. The third-order valence-corrected chi connectivity index (χ3v) is 2.37. The topological polar surface area (TPSA) is 38.7 Å². The minimum Gasteiger partial charge on any atom is -0.494 e. The second kappa shape index (κ2) is 7.25. The van der Waals surface area contributed by atoms with Gasteiger partial charge in [0.1, 0.15) is 5.75 Å². The van der Waals surface area contributed by atoms with Crippen LogP contribution < -0.4 is 4.74 Å². The molecule has 3 nitrogen and oxygen atoms in total. The summed E-state index contributed by atoms with van der Waals surface area (Å²) in [5.74, 6) is 0.849. The minimum absolute atomic E-state index is 0.421. The molecule has 0 aromatic heterocycles. The second-order valence-electron chi connectivity index (χ2n) is 3.79. The van der Waals surface area contributed by atoms with E-state index in [1.807, 2.05) is 24.3 Å².